The SMILES string of the molecule is CNc1cc(C)c(S(=O)(=O)NCCS(N)(=O)=O)c(C)c1. The van der Waals surface area contributed by atoms with Gasteiger partial charge in [-0.05, 0) is 37.1 Å². The van der Waals surface area contributed by atoms with Gasteiger partial charge in [0.15, 0.2) is 0 Å². The van der Waals surface area contributed by atoms with E-state index in [4.69, 9.17) is 5.14 Å². The predicted octanol–water partition coefficient (Wildman–Crippen LogP) is -0.0881. The van der Waals surface area contributed by atoms with Gasteiger partial charge >= 0.3 is 0 Å². The van der Waals surface area contributed by atoms with E-state index >= 15 is 0 Å². The van der Waals surface area contributed by atoms with Crippen molar-refractivity contribution in [2.75, 3.05) is 24.7 Å². The Balaban J connectivity index is 3.04. The number of aryl methyl sites for hydroxylation is 2. The van der Waals surface area contributed by atoms with Crippen LogP contribution in [0.3, 0.4) is 0 Å². The average Bonchev–Trinajstić information content (AvgIpc) is 2.25. The van der Waals surface area contributed by atoms with Gasteiger partial charge in [-0.2, -0.15) is 0 Å². The van der Waals surface area contributed by atoms with Gasteiger partial charge in [0.2, 0.25) is 20.0 Å². The van der Waals surface area contributed by atoms with Crippen molar-refractivity contribution in [3.8, 4) is 0 Å². The Morgan fingerprint density at radius 2 is 1.60 bits per heavy atom. The van der Waals surface area contributed by atoms with E-state index < -0.39 is 25.8 Å². The average molecular weight is 321 g/mol. The molecule has 0 saturated heterocycles. The lowest BCUT2D eigenvalue weighted by atomic mass is 10.1. The van der Waals surface area contributed by atoms with Gasteiger partial charge in [0.05, 0.1) is 10.6 Å². The van der Waals surface area contributed by atoms with Crippen LogP contribution >= 0.6 is 0 Å². The molecule has 0 unspecified atom stereocenters. The molecule has 114 valence electrons. The monoisotopic (exact) mass is 321 g/mol. The Morgan fingerprint density at radius 1 is 1.10 bits per heavy atom. The van der Waals surface area contributed by atoms with Gasteiger partial charge in [0, 0.05) is 19.3 Å². The highest BCUT2D eigenvalue weighted by atomic mass is 32.2. The van der Waals surface area contributed by atoms with Crippen molar-refractivity contribution in [1.82, 2.24) is 4.72 Å². The third-order valence-electron chi connectivity index (χ3n) is 2.70. The summed E-state index contributed by atoms with van der Waals surface area (Å²) in [6.45, 7) is 3.11. The van der Waals surface area contributed by atoms with E-state index in [1.807, 2.05) is 0 Å². The Kier molecular flexibility index (Phi) is 5.14. The molecule has 0 aromatic heterocycles. The van der Waals surface area contributed by atoms with Gasteiger partial charge in [-0.3, -0.25) is 0 Å². The number of nitrogens with two attached hydrogens (primary N) is 1. The maximum absolute atomic E-state index is 12.2. The molecule has 1 rings (SSSR count). The van der Waals surface area contributed by atoms with Crippen LogP contribution in [0.2, 0.25) is 0 Å². The van der Waals surface area contributed by atoms with E-state index in [0.29, 0.717) is 11.1 Å². The maximum atomic E-state index is 12.2. The highest BCUT2D eigenvalue weighted by molar-refractivity contribution is 7.90. The molecule has 0 heterocycles. The lowest BCUT2D eigenvalue weighted by Crippen LogP contribution is -2.32. The van der Waals surface area contributed by atoms with E-state index in [1.54, 1.807) is 33.0 Å². The predicted molar refractivity (Wildman–Crippen MR) is 78.6 cm³/mol. The van der Waals surface area contributed by atoms with E-state index in [1.165, 1.54) is 0 Å². The van der Waals surface area contributed by atoms with Gasteiger partial charge in [-0.1, -0.05) is 0 Å². The van der Waals surface area contributed by atoms with Crippen LogP contribution in [0.1, 0.15) is 11.1 Å². The molecule has 0 aliphatic heterocycles. The minimum Gasteiger partial charge on any atom is -0.388 e. The molecule has 0 saturated carbocycles. The van der Waals surface area contributed by atoms with Crippen molar-refractivity contribution in [1.29, 1.82) is 0 Å². The van der Waals surface area contributed by atoms with Gasteiger partial charge in [0.25, 0.3) is 0 Å². The Morgan fingerprint density at radius 3 is 2.00 bits per heavy atom. The molecule has 0 bridgehead atoms. The van der Waals surface area contributed by atoms with Gasteiger partial charge in [0.1, 0.15) is 0 Å². The van der Waals surface area contributed by atoms with Gasteiger partial charge in [-0.15, -0.1) is 0 Å². The van der Waals surface area contributed by atoms with Crippen LogP contribution < -0.4 is 15.2 Å². The Hall–Kier alpha value is -1.16. The summed E-state index contributed by atoms with van der Waals surface area (Å²) in [5.74, 6) is -0.446. The molecule has 0 aliphatic rings. The zero-order chi connectivity index (χ0) is 15.6. The van der Waals surface area contributed by atoms with Crippen molar-refractivity contribution in [2.45, 2.75) is 18.7 Å². The summed E-state index contributed by atoms with van der Waals surface area (Å²) < 4.78 is 48.2. The third kappa shape index (κ3) is 4.44. The molecule has 20 heavy (non-hydrogen) atoms. The van der Waals surface area contributed by atoms with Crippen molar-refractivity contribution in [3.05, 3.63) is 23.3 Å². The lowest BCUT2D eigenvalue weighted by molar-refractivity contribution is 0.580. The van der Waals surface area contributed by atoms with Crippen LogP contribution in [-0.2, 0) is 20.0 Å². The first-order valence-corrected chi connectivity index (χ1v) is 9.06. The highest BCUT2D eigenvalue weighted by Gasteiger charge is 2.20. The molecule has 4 N–H and O–H groups in total. The number of hydrogen-bond acceptors (Lipinski definition) is 5. The smallest absolute Gasteiger partial charge is 0.241 e. The van der Waals surface area contributed by atoms with Crippen molar-refractivity contribution in [3.63, 3.8) is 0 Å². The summed E-state index contributed by atoms with van der Waals surface area (Å²) in [6.07, 6.45) is 0. The molecular formula is C11H19N3O4S2. The molecule has 0 aliphatic carbocycles. The minimum absolute atomic E-state index is 0.158. The number of benzene rings is 1. The van der Waals surface area contributed by atoms with Crippen LogP contribution in [0, 0.1) is 13.8 Å². The molecule has 0 fully saturated rings. The second-order valence-corrected chi connectivity index (χ2v) is 7.89. The van der Waals surface area contributed by atoms with Crippen LogP contribution in [0.4, 0.5) is 5.69 Å². The first kappa shape index (κ1) is 16.9. The Labute approximate surface area is 119 Å². The zero-order valence-corrected chi connectivity index (χ0v) is 13.2. The zero-order valence-electron chi connectivity index (χ0n) is 11.6. The van der Waals surface area contributed by atoms with E-state index in [2.05, 4.69) is 10.0 Å². The molecule has 0 amide bonds. The fourth-order valence-corrected chi connectivity index (χ4v) is 3.91. The lowest BCUT2D eigenvalue weighted by Gasteiger charge is -2.13. The van der Waals surface area contributed by atoms with Gasteiger partial charge in [-0.25, -0.2) is 26.7 Å². The van der Waals surface area contributed by atoms with Crippen molar-refractivity contribution in [2.24, 2.45) is 5.14 Å². The second kappa shape index (κ2) is 6.08. The summed E-state index contributed by atoms with van der Waals surface area (Å²) in [4.78, 5) is 0.158. The van der Waals surface area contributed by atoms with Crippen LogP contribution in [0.15, 0.2) is 17.0 Å². The second-order valence-electron chi connectivity index (χ2n) is 4.45. The summed E-state index contributed by atoms with van der Waals surface area (Å²) in [5, 5.41) is 7.77. The number of anilines is 1. The topological polar surface area (TPSA) is 118 Å². The number of hydrogen-bond donors (Lipinski definition) is 3. The first-order chi connectivity index (χ1) is 9.07. The van der Waals surface area contributed by atoms with Crippen molar-refractivity contribution < 1.29 is 16.8 Å². The van der Waals surface area contributed by atoms with E-state index in [0.717, 1.165) is 5.69 Å². The summed E-state index contributed by atoms with van der Waals surface area (Å²) >= 11 is 0. The minimum atomic E-state index is -3.77. The summed E-state index contributed by atoms with van der Waals surface area (Å²) in [6, 6.07) is 3.42. The number of sulfonamides is 2. The molecule has 0 spiro atoms. The fourth-order valence-electron chi connectivity index (χ4n) is 1.91. The molecule has 0 atom stereocenters. The molecule has 1 aromatic carbocycles. The van der Waals surface area contributed by atoms with Crippen LogP contribution in [0.25, 0.3) is 0 Å². The summed E-state index contributed by atoms with van der Waals surface area (Å²) in [5.41, 5.74) is 1.97. The van der Waals surface area contributed by atoms with Gasteiger partial charge < -0.3 is 5.32 Å². The Bertz CT molecular complexity index is 673. The molecule has 0 radical (unpaired) electrons. The number of nitrogens with one attached hydrogen (secondary N) is 2. The maximum Gasteiger partial charge on any atom is 0.241 e. The molecule has 1 aromatic rings. The van der Waals surface area contributed by atoms with Crippen LogP contribution in [0.5, 0.6) is 0 Å². The number of primary sulfonamides is 1. The normalized spacial score (nSPS) is 12.4. The number of rotatable bonds is 6. The fraction of sp³-hybridized carbons (Fsp3) is 0.455. The molecule has 7 nitrogen and oxygen atoms in total. The highest BCUT2D eigenvalue weighted by Crippen LogP contribution is 2.23. The van der Waals surface area contributed by atoms with E-state index in [-0.39, 0.29) is 11.4 Å². The van der Waals surface area contributed by atoms with E-state index in [9.17, 15) is 16.8 Å². The standard InChI is InChI=1S/C11H19N3O4S2/c1-8-6-10(13-3)7-9(2)11(8)20(17,18)14-4-5-19(12,15)16/h6-7,13-14H,4-5H2,1-3H3,(H2,12,15,16). The summed E-state index contributed by atoms with van der Waals surface area (Å²) in [7, 11) is -5.72. The third-order valence-corrected chi connectivity index (χ3v) is 5.24. The van der Waals surface area contributed by atoms with Crippen molar-refractivity contribution >= 4 is 25.7 Å². The molecular weight excluding hydrogens is 302 g/mol. The molecule has 9 heteroatoms. The van der Waals surface area contributed by atoms with Crippen LogP contribution in [-0.4, -0.2) is 36.2 Å². The quantitative estimate of drug-likeness (QED) is 0.677. The largest absolute Gasteiger partial charge is 0.388 e. The first-order valence-electron chi connectivity index (χ1n) is 5.86.